The van der Waals surface area contributed by atoms with Gasteiger partial charge in [-0.3, -0.25) is 4.79 Å². The van der Waals surface area contributed by atoms with Gasteiger partial charge in [-0.2, -0.15) is 4.31 Å². The maximum Gasteiger partial charge on any atom is 0.338 e. The third-order valence-corrected chi connectivity index (χ3v) is 6.93. The fourth-order valence-corrected chi connectivity index (χ4v) is 4.39. The molecule has 0 spiro atoms. The van der Waals surface area contributed by atoms with E-state index >= 15 is 0 Å². The Kier molecular flexibility index (Phi) is 8.00. The molecule has 28 heavy (non-hydrogen) atoms. The first-order chi connectivity index (χ1) is 13.2. The zero-order chi connectivity index (χ0) is 20.7. The highest BCUT2D eigenvalue weighted by Gasteiger charge is 2.25. The van der Waals surface area contributed by atoms with Gasteiger partial charge in [0.2, 0.25) is 10.0 Å². The Balaban J connectivity index is 1.95. The molecule has 1 N–H and O–H groups in total. The molecule has 0 aliphatic carbocycles. The second-order valence-electron chi connectivity index (χ2n) is 7.52. The maximum atomic E-state index is 12.8. The predicted molar refractivity (Wildman–Crippen MR) is 106 cm³/mol. The number of esters is 1. The van der Waals surface area contributed by atoms with E-state index in [0.717, 1.165) is 25.7 Å². The molecule has 0 aromatic heterocycles. The summed E-state index contributed by atoms with van der Waals surface area (Å²) < 4.78 is 32.0. The highest BCUT2D eigenvalue weighted by atomic mass is 32.2. The van der Waals surface area contributed by atoms with Gasteiger partial charge >= 0.3 is 5.97 Å². The Morgan fingerprint density at radius 3 is 2.14 bits per heavy atom. The SMILES string of the molecule is CC(C)[C@@H](C)NC(=O)COC(=O)c1ccc(S(=O)(=O)N2CCCCCC2)cc1. The molecule has 2 rings (SSSR count). The Labute approximate surface area is 167 Å². The lowest BCUT2D eigenvalue weighted by molar-refractivity contribution is -0.125. The summed E-state index contributed by atoms with van der Waals surface area (Å²) in [5, 5.41) is 2.76. The molecule has 7 nitrogen and oxygen atoms in total. The smallest absolute Gasteiger partial charge is 0.338 e. The number of sulfonamides is 1. The topological polar surface area (TPSA) is 92.8 Å². The van der Waals surface area contributed by atoms with E-state index in [-0.39, 0.29) is 34.9 Å². The summed E-state index contributed by atoms with van der Waals surface area (Å²) in [6.07, 6.45) is 3.81. The van der Waals surface area contributed by atoms with Crippen LogP contribution in [0.4, 0.5) is 0 Å². The monoisotopic (exact) mass is 410 g/mol. The number of rotatable bonds is 7. The van der Waals surface area contributed by atoms with Gasteiger partial charge < -0.3 is 10.1 Å². The Hall–Kier alpha value is -1.93. The summed E-state index contributed by atoms with van der Waals surface area (Å²) in [7, 11) is -3.56. The van der Waals surface area contributed by atoms with Crippen LogP contribution in [0.2, 0.25) is 0 Å². The molecule has 1 aliphatic rings. The summed E-state index contributed by atoms with van der Waals surface area (Å²) in [5.74, 6) is -0.751. The highest BCUT2D eigenvalue weighted by Crippen LogP contribution is 2.20. The van der Waals surface area contributed by atoms with Crippen molar-refractivity contribution in [1.82, 2.24) is 9.62 Å². The average molecular weight is 411 g/mol. The van der Waals surface area contributed by atoms with Gasteiger partial charge in [-0.05, 0) is 49.9 Å². The molecule has 1 atom stereocenters. The quantitative estimate of drug-likeness (QED) is 0.698. The molecular weight excluding hydrogens is 380 g/mol. The molecule has 1 fully saturated rings. The molecule has 1 aromatic rings. The fourth-order valence-electron chi connectivity index (χ4n) is 2.87. The number of ether oxygens (including phenoxy) is 1. The van der Waals surface area contributed by atoms with Crippen LogP contribution in [-0.2, 0) is 19.6 Å². The van der Waals surface area contributed by atoms with E-state index < -0.39 is 16.0 Å². The van der Waals surface area contributed by atoms with E-state index in [0.29, 0.717) is 13.1 Å². The zero-order valence-corrected chi connectivity index (χ0v) is 17.6. The van der Waals surface area contributed by atoms with Gasteiger partial charge in [-0.25, -0.2) is 13.2 Å². The second kappa shape index (κ2) is 10.0. The van der Waals surface area contributed by atoms with Crippen molar-refractivity contribution in [1.29, 1.82) is 0 Å². The van der Waals surface area contributed by atoms with Crippen LogP contribution in [0.3, 0.4) is 0 Å². The summed E-state index contributed by atoms with van der Waals surface area (Å²) in [6, 6.07) is 5.65. The van der Waals surface area contributed by atoms with E-state index in [1.165, 1.54) is 28.6 Å². The lowest BCUT2D eigenvalue weighted by atomic mass is 10.1. The third-order valence-electron chi connectivity index (χ3n) is 5.02. The lowest BCUT2D eigenvalue weighted by Gasteiger charge is -2.20. The number of carbonyl (C=O) groups is 2. The molecule has 1 heterocycles. The molecule has 0 radical (unpaired) electrons. The number of nitrogens with one attached hydrogen (secondary N) is 1. The number of hydrogen-bond donors (Lipinski definition) is 1. The van der Waals surface area contributed by atoms with E-state index in [1.54, 1.807) is 0 Å². The second-order valence-corrected chi connectivity index (χ2v) is 9.46. The van der Waals surface area contributed by atoms with E-state index in [4.69, 9.17) is 4.74 Å². The van der Waals surface area contributed by atoms with Crippen LogP contribution in [0.25, 0.3) is 0 Å². The molecule has 1 amide bonds. The first-order valence-electron chi connectivity index (χ1n) is 9.78. The van der Waals surface area contributed by atoms with Crippen molar-refractivity contribution in [2.24, 2.45) is 5.92 Å². The average Bonchev–Trinajstić information content (AvgIpc) is 2.96. The minimum absolute atomic E-state index is 0.0188. The number of benzene rings is 1. The van der Waals surface area contributed by atoms with Crippen molar-refractivity contribution < 1.29 is 22.7 Å². The summed E-state index contributed by atoms with van der Waals surface area (Å²) in [5.41, 5.74) is 0.208. The molecule has 1 saturated heterocycles. The molecule has 0 bridgehead atoms. The molecule has 0 unspecified atom stereocenters. The molecule has 156 valence electrons. The molecule has 8 heteroatoms. The summed E-state index contributed by atoms with van der Waals surface area (Å²) >= 11 is 0. The minimum atomic E-state index is -3.56. The first kappa shape index (κ1) is 22.4. The van der Waals surface area contributed by atoms with Crippen molar-refractivity contribution in [2.45, 2.75) is 57.4 Å². The Bertz CT molecular complexity index is 766. The predicted octanol–water partition coefficient (Wildman–Crippen LogP) is 2.57. The third kappa shape index (κ3) is 6.04. The number of amides is 1. The van der Waals surface area contributed by atoms with Crippen molar-refractivity contribution >= 4 is 21.9 Å². The normalized spacial score (nSPS) is 17.0. The highest BCUT2D eigenvalue weighted by molar-refractivity contribution is 7.89. The molecular formula is C20H30N2O5S. The Morgan fingerprint density at radius 2 is 1.61 bits per heavy atom. The fraction of sp³-hybridized carbons (Fsp3) is 0.600. The van der Waals surface area contributed by atoms with Crippen molar-refractivity contribution in [3.05, 3.63) is 29.8 Å². The maximum absolute atomic E-state index is 12.8. The van der Waals surface area contributed by atoms with Gasteiger partial charge in [-0.15, -0.1) is 0 Å². The zero-order valence-electron chi connectivity index (χ0n) is 16.8. The molecule has 0 saturated carbocycles. The number of hydrogen-bond acceptors (Lipinski definition) is 5. The Morgan fingerprint density at radius 1 is 1.04 bits per heavy atom. The van der Waals surface area contributed by atoms with Gasteiger partial charge in [-0.1, -0.05) is 26.7 Å². The van der Waals surface area contributed by atoms with Gasteiger partial charge in [0.25, 0.3) is 5.91 Å². The van der Waals surface area contributed by atoms with Crippen LogP contribution in [0.1, 0.15) is 56.8 Å². The molecule has 1 aromatic carbocycles. The van der Waals surface area contributed by atoms with Gasteiger partial charge in [0.05, 0.1) is 10.5 Å². The summed E-state index contributed by atoms with van der Waals surface area (Å²) in [4.78, 5) is 24.1. The van der Waals surface area contributed by atoms with E-state index in [9.17, 15) is 18.0 Å². The van der Waals surface area contributed by atoms with Crippen LogP contribution < -0.4 is 5.32 Å². The van der Waals surface area contributed by atoms with Crippen molar-refractivity contribution in [2.75, 3.05) is 19.7 Å². The van der Waals surface area contributed by atoms with E-state index in [2.05, 4.69) is 5.32 Å². The van der Waals surface area contributed by atoms with Crippen LogP contribution >= 0.6 is 0 Å². The lowest BCUT2D eigenvalue weighted by Crippen LogP contribution is -2.38. The first-order valence-corrected chi connectivity index (χ1v) is 11.2. The van der Waals surface area contributed by atoms with Gasteiger partial charge in [0, 0.05) is 19.1 Å². The largest absolute Gasteiger partial charge is 0.452 e. The summed E-state index contributed by atoms with van der Waals surface area (Å²) in [6.45, 7) is 6.53. The van der Waals surface area contributed by atoms with Crippen LogP contribution in [0, 0.1) is 5.92 Å². The van der Waals surface area contributed by atoms with Gasteiger partial charge in [0.1, 0.15) is 0 Å². The van der Waals surface area contributed by atoms with Crippen LogP contribution in [0.15, 0.2) is 29.2 Å². The molecule has 1 aliphatic heterocycles. The number of carbonyl (C=O) groups excluding carboxylic acids is 2. The van der Waals surface area contributed by atoms with Crippen molar-refractivity contribution in [3.63, 3.8) is 0 Å². The van der Waals surface area contributed by atoms with Crippen molar-refractivity contribution in [3.8, 4) is 0 Å². The number of nitrogens with zero attached hydrogens (tertiary/aromatic N) is 1. The minimum Gasteiger partial charge on any atom is -0.452 e. The van der Waals surface area contributed by atoms with Gasteiger partial charge in [0.15, 0.2) is 6.61 Å². The van der Waals surface area contributed by atoms with E-state index in [1.807, 2.05) is 20.8 Å². The van der Waals surface area contributed by atoms with Crippen LogP contribution in [-0.4, -0.2) is 50.3 Å². The van der Waals surface area contributed by atoms with Crippen LogP contribution in [0.5, 0.6) is 0 Å². The standard InChI is InChI=1S/C20H30N2O5S/c1-15(2)16(3)21-19(23)14-27-20(24)17-8-10-18(11-9-17)28(25,26)22-12-6-4-5-7-13-22/h8-11,15-16H,4-7,12-14H2,1-3H3,(H,21,23)/t16-/m1/s1.